The van der Waals surface area contributed by atoms with Gasteiger partial charge in [-0.25, -0.2) is 37.3 Å². The summed E-state index contributed by atoms with van der Waals surface area (Å²) in [5.74, 6) is -0.460. The minimum Gasteiger partial charge on any atom is -0.872 e. The van der Waals surface area contributed by atoms with E-state index >= 15 is 0 Å². The van der Waals surface area contributed by atoms with Gasteiger partial charge < -0.3 is 20.4 Å². The van der Waals surface area contributed by atoms with E-state index in [4.69, 9.17) is 72.1 Å². The second-order valence-corrected chi connectivity index (χ2v) is 20.2. The van der Waals surface area contributed by atoms with Gasteiger partial charge in [-0.15, -0.1) is 43.5 Å². The van der Waals surface area contributed by atoms with Crippen LogP contribution < -0.4 is 57.7 Å². The molecule has 0 atom stereocenters. The predicted octanol–water partition coefficient (Wildman–Crippen LogP) is 4.05. The summed E-state index contributed by atoms with van der Waals surface area (Å²) in [4.78, 5) is 33.5. The Morgan fingerprint density at radius 2 is 0.326 bits per heavy atom. The number of rotatable bonds is 6. The van der Waals surface area contributed by atoms with Crippen molar-refractivity contribution in [2.45, 2.75) is 4.30 Å². The van der Waals surface area contributed by atoms with Gasteiger partial charge in [0.2, 0.25) is 0 Å². The molecule has 0 amide bonds. The number of pyridine rings is 8. The van der Waals surface area contributed by atoms with Gasteiger partial charge in [0.15, 0.2) is 4.30 Å². The third kappa shape index (κ3) is 34.8. The van der Waals surface area contributed by atoms with Crippen molar-refractivity contribution in [2.75, 3.05) is 0 Å². The summed E-state index contributed by atoms with van der Waals surface area (Å²) in [6.07, 6.45) is 14.1. The van der Waals surface area contributed by atoms with Crippen molar-refractivity contribution in [2.24, 2.45) is 0 Å². The van der Waals surface area contributed by atoms with Crippen LogP contribution in [0, 0.1) is 20.5 Å². The number of nitrogens with zero attached hydrogens (tertiary/aromatic N) is 8. The first-order valence-electron chi connectivity index (χ1n) is 25.7. The van der Waals surface area contributed by atoms with Gasteiger partial charge in [0.1, 0.15) is 0 Å². The monoisotopic (exact) mass is 1690 g/mol. The fourth-order valence-electron chi connectivity index (χ4n) is 6.87. The standard InChI is InChI=1S/2C12H10O2.4C10H8N2.CHCl3.2ClHO4.2Os/c2*13-11-7-3-1-5-9(11)10-6-2-4-8-12(10)14;4*1-3-7-11-9(5-1)10-6-2-4-8-12-10;2-1(3)4;2*2-1(3,4)5;;/h2*1-8,13-14H;4*1-8H;1H;2*(H,2,3,4,5);;/p-6. The molecular formula is C65H49Cl5N8O12Os2-6. The van der Waals surface area contributed by atoms with Crippen molar-refractivity contribution in [1.29, 1.82) is 0 Å². The average Bonchev–Trinajstić information content (AvgIpc) is 1.25. The van der Waals surface area contributed by atoms with Crippen molar-refractivity contribution in [3.63, 3.8) is 0 Å². The number of benzene rings is 4. The Kier molecular flexibility index (Phi) is 39.0. The molecule has 0 spiro atoms. The van der Waals surface area contributed by atoms with Crippen LogP contribution in [-0.2, 0) is 39.6 Å². The summed E-state index contributed by atoms with van der Waals surface area (Å²) in [6, 6.07) is 72.6. The fourth-order valence-corrected chi connectivity index (χ4v) is 6.87. The Bertz CT molecular complexity index is 3180. The zero-order valence-electron chi connectivity index (χ0n) is 47.4. The topological polar surface area (TPSA) is 380 Å². The van der Waals surface area contributed by atoms with Crippen LogP contribution in [0.2, 0.25) is 0 Å². The molecule has 8 heterocycles. The second-order valence-electron chi connectivity index (χ2n) is 16.7. The molecule has 0 saturated heterocycles. The minimum absolute atomic E-state index is 0. The van der Waals surface area contributed by atoms with Crippen molar-refractivity contribution >= 4 is 34.8 Å². The maximum Gasteiger partial charge on any atom is 0.180 e. The number of alkyl halides is 3. The Morgan fingerprint density at radius 3 is 0.424 bits per heavy atom. The van der Waals surface area contributed by atoms with E-state index in [1.165, 1.54) is 24.3 Å². The maximum absolute atomic E-state index is 11.4. The number of hydrogen-bond donors (Lipinski definition) is 0. The molecule has 8 aromatic heterocycles. The normalized spacial score (nSPS) is 9.78. The van der Waals surface area contributed by atoms with Crippen molar-refractivity contribution in [1.82, 2.24) is 39.9 Å². The van der Waals surface area contributed by atoms with Crippen LogP contribution in [-0.4, -0.2) is 44.2 Å². The van der Waals surface area contributed by atoms with Crippen LogP contribution in [0.25, 0.3) is 67.8 Å². The first kappa shape index (κ1) is 79.8. The van der Waals surface area contributed by atoms with Crippen LogP contribution in [0.1, 0.15) is 0 Å². The molecule has 4 aromatic carbocycles. The Morgan fingerprint density at radius 1 is 0.217 bits per heavy atom. The summed E-state index contributed by atoms with van der Waals surface area (Å²) in [5, 5.41) is 45.7. The van der Waals surface area contributed by atoms with Gasteiger partial charge in [-0.2, -0.15) is 0 Å². The molecule has 0 unspecified atom stereocenters. The van der Waals surface area contributed by atoms with Gasteiger partial charge in [0.05, 0.1) is 45.6 Å². The van der Waals surface area contributed by atoms with Gasteiger partial charge in [-0.3, -0.25) is 39.9 Å². The summed E-state index contributed by atoms with van der Waals surface area (Å²) >= 11 is 14.4. The van der Waals surface area contributed by atoms with E-state index in [0.29, 0.717) is 22.3 Å². The Balaban J connectivity index is 0.000000360. The van der Waals surface area contributed by atoms with E-state index in [2.05, 4.69) is 39.9 Å². The van der Waals surface area contributed by atoms with E-state index in [1.54, 1.807) is 122 Å². The van der Waals surface area contributed by atoms with Crippen LogP contribution in [0.4, 0.5) is 0 Å². The van der Waals surface area contributed by atoms with E-state index in [-0.39, 0.29) is 62.6 Å². The third-order valence-electron chi connectivity index (χ3n) is 10.5. The summed E-state index contributed by atoms with van der Waals surface area (Å²) < 4.78 is 67.2. The number of para-hydroxylation sites is 4. The maximum atomic E-state index is 11.4. The average molecular weight is 1690 g/mol. The molecule has 20 nitrogen and oxygen atoms in total. The van der Waals surface area contributed by atoms with E-state index < -0.39 is 24.8 Å². The molecule has 0 radical (unpaired) electrons. The van der Waals surface area contributed by atoms with Crippen molar-refractivity contribution in [3.05, 3.63) is 292 Å². The van der Waals surface area contributed by atoms with Crippen LogP contribution in [0.3, 0.4) is 0 Å². The molecule has 0 aliphatic rings. The number of hydrogen-bond acceptors (Lipinski definition) is 20. The van der Waals surface area contributed by atoms with Gasteiger partial charge >= 0.3 is 0 Å². The number of halogens is 5. The predicted molar refractivity (Wildman–Crippen MR) is 313 cm³/mol. The molecule has 0 aliphatic carbocycles. The van der Waals surface area contributed by atoms with Gasteiger partial charge in [-0.05, 0) is 119 Å². The molecule has 27 heteroatoms. The summed E-state index contributed by atoms with van der Waals surface area (Å²) in [5.41, 5.74) is 9.20. The first-order chi connectivity index (χ1) is 43.2. The minimum atomic E-state index is -4.94. The van der Waals surface area contributed by atoms with Crippen molar-refractivity contribution < 1.29 is 118 Å². The van der Waals surface area contributed by atoms with Crippen LogP contribution in [0.5, 0.6) is 23.0 Å². The first-order valence-corrected chi connectivity index (χ1v) is 29.5. The summed E-state index contributed by atoms with van der Waals surface area (Å²) in [6.45, 7) is 0. The fraction of sp³-hybridized carbons (Fsp3) is 0.0154. The molecule has 0 aliphatic heterocycles. The zero-order valence-corrected chi connectivity index (χ0v) is 56.2. The zero-order chi connectivity index (χ0) is 65.4. The number of aromatic nitrogens is 8. The Hall–Kier alpha value is -8.32. The molecule has 12 rings (SSSR count). The molecular weight excluding hydrogens is 1640 g/mol. The molecule has 0 bridgehead atoms. The second kappa shape index (κ2) is 45.0. The third-order valence-corrected chi connectivity index (χ3v) is 10.5. The largest absolute Gasteiger partial charge is 0.872 e. The Labute approximate surface area is 575 Å². The van der Waals surface area contributed by atoms with E-state index in [1.807, 2.05) is 146 Å². The molecule has 0 saturated carbocycles. The smallest absolute Gasteiger partial charge is 0.180 e. The molecule has 0 fully saturated rings. The van der Waals surface area contributed by atoms with Crippen molar-refractivity contribution in [3.8, 4) is 90.8 Å². The quantitative estimate of drug-likeness (QED) is 0.212. The molecule has 0 N–H and O–H groups in total. The van der Waals surface area contributed by atoms with E-state index in [0.717, 1.165) is 45.6 Å². The SMILES string of the molecule is ClC(Cl)Cl.[O-][Cl+3]([O-])([O-])[O-].[O-][Cl+3]([O-])([O-])[O-].[O-]c1ccccc1-c1ccccc1[O-].[O-]c1ccccc1-c1ccccc1[O-].[Os].[Os].c1ccc(-c2ccccn2)nc1.c1ccc(-c2ccccn2)nc1.c1ccc(-c2ccccn2)nc1.c1ccc(-c2ccccn2)nc1. The van der Waals surface area contributed by atoms with E-state index in [9.17, 15) is 20.4 Å². The summed E-state index contributed by atoms with van der Waals surface area (Å²) in [7, 11) is -9.89. The van der Waals surface area contributed by atoms with Crippen LogP contribution >= 0.6 is 34.8 Å². The molecule has 12 aromatic rings. The van der Waals surface area contributed by atoms with Gasteiger partial charge in [0.25, 0.3) is 0 Å². The van der Waals surface area contributed by atoms with Gasteiger partial charge in [-0.1, -0.05) is 180 Å². The van der Waals surface area contributed by atoms with Gasteiger partial charge in [0, 0.05) is 89.2 Å². The molecule has 92 heavy (non-hydrogen) atoms. The molecule has 478 valence electrons. The van der Waals surface area contributed by atoms with Crippen LogP contribution in [0.15, 0.2) is 292 Å².